The lowest BCUT2D eigenvalue weighted by molar-refractivity contribution is -0.138. The number of amides is 2. The summed E-state index contributed by atoms with van der Waals surface area (Å²) >= 11 is 0. The van der Waals surface area contributed by atoms with Crippen LogP contribution < -0.4 is 5.32 Å². The third kappa shape index (κ3) is 3.23. The number of halogens is 1. The predicted molar refractivity (Wildman–Crippen MR) is 85.2 cm³/mol. The van der Waals surface area contributed by atoms with Gasteiger partial charge < -0.3 is 10.2 Å². The van der Waals surface area contributed by atoms with Gasteiger partial charge in [-0.2, -0.15) is 0 Å². The third-order valence-electron chi connectivity index (χ3n) is 4.91. The van der Waals surface area contributed by atoms with Crippen molar-refractivity contribution in [1.82, 2.24) is 10.2 Å². The van der Waals surface area contributed by atoms with Crippen LogP contribution in [0.15, 0.2) is 18.2 Å². The van der Waals surface area contributed by atoms with Crippen molar-refractivity contribution >= 4 is 11.8 Å². The average Bonchev–Trinajstić information content (AvgIpc) is 2.95. The van der Waals surface area contributed by atoms with Gasteiger partial charge in [-0.05, 0) is 55.4 Å². The lowest BCUT2D eigenvalue weighted by Gasteiger charge is -2.31. The summed E-state index contributed by atoms with van der Waals surface area (Å²) in [6.07, 6.45) is 4.65. The van der Waals surface area contributed by atoms with Crippen LogP contribution in [-0.2, 0) is 16.0 Å². The Labute approximate surface area is 136 Å². The zero-order chi connectivity index (χ0) is 16.4. The maximum Gasteiger partial charge on any atom is 0.243 e. The highest BCUT2D eigenvalue weighted by Crippen LogP contribution is 2.30. The fraction of sp³-hybridized carbons (Fsp3) is 0.556. The van der Waals surface area contributed by atoms with Gasteiger partial charge in [0.2, 0.25) is 11.8 Å². The molecule has 2 unspecified atom stereocenters. The summed E-state index contributed by atoms with van der Waals surface area (Å²) in [5.74, 6) is -0.335. The molecular formula is C18H23FN2O2. The first-order chi connectivity index (χ1) is 11.1. The van der Waals surface area contributed by atoms with Crippen molar-refractivity contribution in [2.24, 2.45) is 0 Å². The number of aryl methyl sites for hydroxylation is 1. The maximum absolute atomic E-state index is 13.6. The van der Waals surface area contributed by atoms with Crippen LogP contribution in [0.25, 0.3) is 0 Å². The molecule has 2 aliphatic rings. The van der Waals surface area contributed by atoms with E-state index in [9.17, 15) is 14.0 Å². The molecule has 0 spiro atoms. The summed E-state index contributed by atoms with van der Waals surface area (Å²) < 4.78 is 13.6. The van der Waals surface area contributed by atoms with Crippen molar-refractivity contribution in [3.05, 3.63) is 35.1 Å². The summed E-state index contributed by atoms with van der Waals surface area (Å²) in [5.41, 5.74) is 1.99. The largest absolute Gasteiger partial charge is 0.347 e. The Bertz CT molecular complexity index is 617. The summed E-state index contributed by atoms with van der Waals surface area (Å²) in [5, 5.41) is 3.05. The normalized spacial score (nSPS) is 21.9. The number of benzene rings is 1. The minimum absolute atomic E-state index is 0.0575. The Morgan fingerprint density at radius 3 is 2.91 bits per heavy atom. The first kappa shape index (κ1) is 16.0. The Balaban J connectivity index is 1.75. The SMILES string of the molecule is CCC(C(=O)NC1CCCc2ccc(F)cc21)N1CCCC1=O. The van der Waals surface area contributed by atoms with Gasteiger partial charge in [0.15, 0.2) is 0 Å². The number of fused-ring (bicyclic) bond motifs is 1. The first-order valence-electron chi connectivity index (χ1n) is 8.48. The van der Waals surface area contributed by atoms with Gasteiger partial charge in [0, 0.05) is 13.0 Å². The molecule has 4 nitrogen and oxygen atoms in total. The monoisotopic (exact) mass is 318 g/mol. The maximum atomic E-state index is 13.6. The smallest absolute Gasteiger partial charge is 0.243 e. The Morgan fingerprint density at radius 2 is 2.22 bits per heavy atom. The number of nitrogens with one attached hydrogen (secondary N) is 1. The van der Waals surface area contributed by atoms with Gasteiger partial charge in [-0.15, -0.1) is 0 Å². The number of hydrogen-bond acceptors (Lipinski definition) is 2. The van der Waals surface area contributed by atoms with E-state index < -0.39 is 6.04 Å². The number of nitrogens with zero attached hydrogens (tertiary/aromatic N) is 1. The molecule has 1 saturated heterocycles. The van der Waals surface area contributed by atoms with E-state index >= 15 is 0 Å². The van der Waals surface area contributed by atoms with Gasteiger partial charge in [0.25, 0.3) is 0 Å². The lowest BCUT2D eigenvalue weighted by Crippen LogP contribution is -2.48. The summed E-state index contributed by atoms with van der Waals surface area (Å²) in [4.78, 5) is 26.3. The van der Waals surface area contributed by atoms with Crippen LogP contribution in [0.2, 0.25) is 0 Å². The van der Waals surface area contributed by atoms with E-state index in [2.05, 4.69) is 5.32 Å². The van der Waals surface area contributed by atoms with E-state index in [1.807, 2.05) is 13.0 Å². The number of carbonyl (C=O) groups excluding carboxylic acids is 2. The lowest BCUT2D eigenvalue weighted by atomic mass is 9.87. The molecule has 23 heavy (non-hydrogen) atoms. The molecule has 1 N–H and O–H groups in total. The minimum Gasteiger partial charge on any atom is -0.347 e. The summed E-state index contributed by atoms with van der Waals surface area (Å²) in [7, 11) is 0. The highest BCUT2D eigenvalue weighted by molar-refractivity contribution is 5.88. The van der Waals surface area contributed by atoms with E-state index in [4.69, 9.17) is 0 Å². The summed E-state index contributed by atoms with van der Waals surface area (Å²) in [6, 6.07) is 4.24. The van der Waals surface area contributed by atoms with Crippen LogP contribution in [0, 0.1) is 5.82 Å². The number of carbonyl (C=O) groups is 2. The van der Waals surface area contributed by atoms with Gasteiger partial charge in [-0.1, -0.05) is 13.0 Å². The molecule has 1 aromatic rings. The molecule has 0 bridgehead atoms. The highest BCUT2D eigenvalue weighted by atomic mass is 19.1. The molecule has 0 aromatic heterocycles. The zero-order valence-electron chi connectivity index (χ0n) is 13.5. The van der Waals surface area contributed by atoms with Crippen LogP contribution >= 0.6 is 0 Å². The molecule has 1 aliphatic heterocycles. The Morgan fingerprint density at radius 1 is 1.39 bits per heavy atom. The van der Waals surface area contributed by atoms with E-state index in [-0.39, 0.29) is 23.7 Å². The first-order valence-corrected chi connectivity index (χ1v) is 8.48. The molecule has 124 valence electrons. The molecule has 0 radical (unpaired) electrons. The van der Waals surface area contributed by atoms with Crippen molar-refractivity contribution < 1.29 is 14.0 Å². The van der Waals surface area contributed by atoms with Crippen LogP contribution in [0.4, 0.5) is 4.39 Å². The predicted octanol–water partition coefficient (Wildman–Crippen LogP) is 2.72. The second-order valence-corrected chi connectivity index (χ2v) is 6.41. The topological polar surface area (TPSA) is 49.4 Å². The molecule has 0 saturated carbocycles. The number of rotatable bonds is 4. The highest BCUT2D eigenvalue weighted by Gasteiger charge is 2.33. The van der Waals surface area contributed by atoms with Gasteiger partial charge in [0.1, 0.15) is 11.9 Å². The second-order valence-electron chi connectivity index (χ2n) is 6.41. The minimum atomic E-state index is -0.413. The molecule has 1 heterocycles. The quantitative estimate of drug-likeness (QED) is 0.928. The Kier molecular flexibility index (Phi) is 4.64. The fourth-order valence-corrected chi connectivity index (χ4v) is 3.73. The van der Waals surface area contributed by atoms with E-state index in [0.29, 0.717) is 19.4 Å². The van der Waals surface area contributed by atoms with Crippen molar-refractivity contribution in [2.75, 3.05) is 6.54 Å². The fourth-order valence-electron chi connectivity index (χ4n) is 3.73. The van der Waals surface area contributed by atoms with Crippen LogP contribution in [-0.4, -0.2) is 29.3 Å². The second kappa shape index (κ2) is 6.69. The molecule has 2 amide bonds. The van der Waals surface area contributed by atoms with Crippen molar-refractivity contribution in [3.8, 4) is 0 Å². The standard InChI is InChI=1S/C18H23FN2O2/c1-2-16(21-10-4-7-17(21)22)18(23)20-15-6-3-5-12-8-9-13(19)11-14(12)15/h8-9,11,15-16H,2-7,10H2,1H3,(H,20,23). The molecule has 1 aliphatic carbocycles. The molecule has 1 aromatic carbocycles. The van der Waals surface area contributed by atoms with Crippen molar-refractivity contribution in [2.45, 2.75) is 57.5 Å². The summed E-state index contributed by atoms with van der Waals surface area (Å²) in [6.45, 7) is 2.57. The molecular weight excluding hydrogens is 295 g/mol. The van der Waals surface area contributed by atoms with E-state index in [1.54, 1.807) is 4.90 Å². The molecule has 2 atom stereocenters. The van der Waals surface area contributed by atoms with Crippen molar-refractivity contribution in [3.63, 3.8) is 0 Å². The molecule has 1 fully saturated rings. The van der Waals surface area contributed by atoms with Gasteiger partial charge in [-0.3, -0.25) is 9.59 Å². The van der Waals surface area contributed by atoms with Gasteiger partial charge >= 0.3 is 0 Å². The van der Waals surface area contributed by atoms with Gasteiger partial charge in [-0.25, -0.2) is 4.39 Å². The zero-order valence-corrected chi connectivity index (χ0v) is 13.5. The van der Waals surface area contributed by atoms with Crippen LogP contribution in [0.3, 0.4) is 0 Å². The van der Waals surface area contributed by atoms with Gasteiger partial charge in [0.05, 0.1) is 6.04 Å². The van der Waals surface area contributed by atoms with Crippen molar-refractivity contribution in [1.29, 1.82) is 0 Å². The Hall–Kier alpha value is -1.91. The van der Waals surface area contributed by atoms with Crippen LogP contribution in [0.1, 0.15) is 56.2 Å². The van der Waals surface area contributed by atoms with Crippen LogP contribution in [0.5, 0.6) is 0 Å². The molecule has 3 rings (SSSR count). The number of hydrogen-bond donors (Lipinski definition) is 1. The average molecular weight is 318 g/mol. The third-order valence-corrected chi connectivity index (χ3v) is 4.91. The molecule has 5 heteroatoms. The number of likely N-dealkylation sites (tertiary alicyclic amines) is 1. The van der Waals surface area contributed by atoms with E-state index in [0.717, 1.165) is 36.8 Å². The van der Waals surface area contributed by atoms with E-state index in [1.165, 1.54) is 12.1 Å².